The van der Waals surface area contributed by atoms with Gasteiger partial charge in [0.1, 0.15) is 0 Å². The molecular weight excluding hydrogens is 220 g/mol. The third kappa shape index (κ3) is 3.05. The predicted molar refractivity (Wildman–Crippen MR) is 78.8 cm³/mol. The molecular formula is C16H26N2. The Labute approximate surface area is 111 Å². The van der Waals surface area contributed by atoms with E-state index in [4.69, 9.17) is 5.73 Å². The summed E-state index contributed by atoms with van der Waals surface area (Å²) in [5.74, 6) is 0.834. The fraction of sp³-hybridized carbons (Fsp3) is 0.625. The Hall–Kier alpha value is -1.02. The van der Waals surface area contributed by atoms with Crippen molar-refractivity contribution in [1.29, 1.82) is 0 Å². The van der Waals surface area contributed by atoms with Crippen LogP contribution in [0.25, 0.3) is 0 Å². The molecule has 2 rings (SSSR count). The maximum absolute atomic E-state index is 6.07. The second-order valence-corrected chi connectivity index (χ2v) is 5.85. The fourth-order valence-corrected chi connectivity index (χ4v) is 3.13. The highest BCUT2D eigenvalue weighted by Crippen LogP contribution is 2.36. The molecule has 2 atom stereocenters. The summed E-state index contributed by atoms with van der Waals surface area (Å²) >= 11 is 0. The molecule has 0 aliphatic heterocycles. The van der Waals surface area contributed by atoms with Crippen LogP contribution in [0.2, 0.25) is 0 Å². The van der Waals surface area contributed by atoms with Gasteiger partial charge in [0.05, 0.1) is 0 Å². The maximum atomic E-state index is 6.07. The van der Waals surface area contributed by atoms with Gasteiger partial charge in [0.2, 0.25) is 0 Å². The molecule has 0 saturated heterocycles. The predicted octanol–water partition coefficient (Wildman–Crippen LogP) is 3.70. The molecule has 2 unspecified atom stereocenters. The first-order valence-electron chi connectivity index (χ1n) is 7.22. The summed E-state index contributed by atoms with van der Waals surface area (Å²) in [5, 5.41) is 3.71. The second kappa shape index (κ2) is 5.75. The standard InChI is InChI=1S/C16H26N2/c1-3-14-5-4-10-16(11-14,12-17)18-15-8-6-13(2)7-9-15/h6-9,14,18H,3-5,10-12,17H2,1-2H3. The Bertz CT molecular complexity index is 371. The Morgan fingerprint density at radius 2 is 2.06 bits per heavy atom. The molecule has 1 saturated carbocycles. The topological polar surface area (TPSA) is 38.0 Å². The largest absolute Gasteiger partial charge is 0.378 e. The minimum Gasteiger partial charge on any atom is -0.378 e. The van der Waals surface area contributed by atoms with E-state index in [1.54, 1.807) is 0 Å². The first kappa shape index (κ1) is 13.4. The molecule has 2 heteroatoms. The second-order valence-electron chi connectivity index (χ2n) is 5.85. The molecule has 1 aromatic carbocycles. The van der Waals surface area contributed by atoms with Crippen molar-refractivity contribution < 1.29 is 0 Å². The van der Waals surface area contributed by atoms with Crippen molar-refractivity contribution in [3.05, 3.63) is 29.8 Å². The first-order chi connectivity index (χ1) is 8.67. The van der Waals surface area contributed by atoms with Crippen LogP contribution in [0.15, 0.2) is 24.3 Å². The average molecular weight is 246 g/mol. The van der Waals surface area contributed by atoms with Crippen LogP contribution >= 0.6 is 0 Å². The third-order valence-corrected chi connectivity index (χ3v) is 4.38. The lowest BCUT2D eigenvalue weighted by Gasteiger charge is -2.41. The van der Waals surface area contributed by atoms with Crippen LogP contribution < -0.4 is 11.1 Å². The molecule has 0 heterocycles. The summed E-state index contributed by atoms with van der Waals surface area (Å²) < 4.78 is 0. The Morgan fingerprint density at radius 1 is 1.33 bits per heavy atom. The van der Waals surface area contributed by atoms with Crippen LogP contribution in [0.4, 0.5) is 5.69 Å². The van der Waals surface area contributed by atoms with E-state index in [0.717, 1.165) is 12.5 Å². The number of nitrogens with one attached hydrogen (secondary N) is 1. The minimum absolute atomic E-state index is 0.119. The zero-order valence-electron chi connectivity index (χ0n) is 11.7. The van der Waals surface area contributed by atoms with E-state index in [2.05, 4.69) is 43.4 Å². The van der Waals surface area contributed by atoms with E-state index in [0.29, 0.717) is 0 Å². The van der Waals surface area contributed by atoms with Crippen molar-refractivity contribution in [2.24, 2.45) is 11.7 Å². The number of aryl methyl sites for hydroxylation is 1. The molecule has 100 valence electrons. The van der Waals surface area contributed by atoms with Gasteiger partial charge in [0.25, 0.3) is 0 Å². The highest BCUT2D eigenvalue weighted by molar-refractivity contribution is 5.47. The van der Waals surface area contributed by atoms with Crippen LogP contribution in [-0.4, -0.2) is 12.1 Å². The average Bonchev–Trinajstić information content (AvgIpc) is 2.42. The number of hydrogen-bond donors (Lipinski definition) is 2. The van der Waals surface area contributed by atoms with Crippen LogP contribution in [0.3, 0.4) is 0 Å². The molecule has 0 amide bonds. The highest BCUT2D eigenvalue weighted by Gasteiger charge is 2.34. The quantitative estimate of drug-likeness (QED) is 0.850. The van der Waals surface area contributed by atoms with Gasteiger partial charge in [-0.15, -0.1) is 0 Å². The zero-order chi connectivity index (χ0) is 13.0. The summed E-state index contributed by atoms with van der Waals surface area (Å²) in [5.41, 5.74) is 8.70. The lowest BCUT2D eigenvalue weighted by atomic mass is 9.74. The number of rotatable bonds is 4. The van der Waals surface area contributed by atoms with E-state index < -0.39 is 0 Å². The van der Waals surface area contributed by atoms with Crippen molar-refractivity contribution in [2.45, 2.75) is 51.5 Å². The summed E-state index contributed by atoms with van der Waals surface area (Å²) in [6.07, 6.45) is 6.36. The molecule has 0 aromatic heterocycles. The number of nitrogens with two attached hydrogens (primary N) is 1. The summed E-state index contributed by atoms with van der Waals surface area (Å²) in [6, 6.07) is 8.66. The molecule has 0 radical (unpaired) electrons. The summed E-state index contributed by atoms with van der Waals surface area (Å²) in [4.78, 5) is 0. The summed E-state index contributed by atoms with van der Waals surface area (Å²) in [6.45, 7) is 5.15. The number of benzene rings is 1. The van der Waals surface area contributed by atoms with Crippen LogP contribution in [0, 0.1) is 12.8 Å². The van der Waals surface area contributed by atoms with Crippen LogP contribution in [-0.2, 0) is 0 Å². The monoisotopic (exact) mass is 246 g/mol. The molecule has 1 aromatic rings. The van der Waals surface area contributed by atoms with Crippen molar-refractivity contribution in [1.82, 2.24) is 0 Å². The van der Waals surface area contributed by atoms with E-state index in [-0.39, 0.29) is 5.54 Å². The lowest BCUT2D eigenvalue weighted by Crippen LogP contribution is -2.49. The number of hydrogen-bond acceptors (Lipinski definition) is 2. The van der Waals surface area contributed by atoms with Crippen molar-refractivity contribution >= 4 is 5.69 Å². The zero-order valence-corrected chi connectivity index (χ0v) is 11.7. The van der Waals surface area contributed by atoms with E-state index in [1.807, 2.05) is 0 Å². The van der Waals surface area contributed by atoms with Crippen molar-refractivity contribution in [2.75, 3.05) is 11.9 Å². The van der Waals surface area contributed by atoms with Gasteiger partial charge in [-0.25, -0.2) is 0 Å². The van der Waals surface area contributed by atoms with Crippen LogP contribution in [0.5, 0.6) is 0 Å². The SMILES string of the molecule is CCC1CCCC(CN)(Nc2ccc(C)cc2)C1. The Morgan fingerprint density at radius 3 is 2.67 bits per heavy atom. The molecule has 3 N–H and O–H groups in total. The normalized spacial score (nSPS) is 28.1. The molecule has 2 nitrogen and oxygen atoms in total. The smallest absolute Gasteiger partial charge is 0.0498 e. The number of anilines is 1. The van der Waals surface area contributed by atoms with Gasteiger partial charge in [0, 0.05) is 17.8 Å². The molecule has 18 heavy (non-hydrogen) atoms. The maximum Gasteiger partial charge on any atom is 0.0498 e. The van der Waals surface area contributed by atoms with Crippen LogP contribution in [0.1, 0.15) is 44.6 Å². The van der Waals surface area contributed by atoms with Gasteiger partial charge in [-0.3, -0.25) is 0 Å². The minimum atomic E-state index is 0.119. The van der Waals surface area contributed by atoms with Crippen molar-refractivity contribution in [3.8, 4) is 0 Å². The van der Waals surface area contributed by atoms with E-state index >= 15 is 0 Å². The van der Waals surface area contributed by atoms with Crippen molar-refractivity contribution in [3.63, 3.8) is 0 Å². The van der Waals surface area contributed by atoms with E-state index in [9.17, 15) is 0 Å². The van der Waals surface area contributed by atoms with E-state index in [1.165, 1.54) is 43.4 Å². The Kier molecular flexibility index (Phi) is 4.28. The Balaban J connectivity index is 2.09. The van der Waals surface area contributed by atoms with Gasteiger partial charge in [-0.1, -0.05) is 43.9 Å². The third-order valence-electron chi connectivity index (χ3n) is 4.38. The summed E-state index contributed by atoms with van der Waals surface area (Å²) in [7, 11) is 0. The molecule has 0 spiro atoms. The lowest BCUT2D eigenvalue weighted by molar-refractivity contribution is 0.244. The van der Waals surface area contributed by atoms with Gasteiger partial charge >= 0.3 is 0 Å². The molecule has 1 aliphatic carbocycles. The highest BCUT2D eigenvalue weighted by atomic mass is 15.0. The molecule has 1 aliphatic rings. The van der Waals surface area contributed by atoms with Gasteiger partial charge in [-0.2, -0.15) is 0 Å². The molecule has 1 fully saturated rings. The van der Waals surface area contributed by atoms with Gasteiger partial charge in [0.15, 0.2) is 0 Å². The van der Waals surface area contributed by atoms with Gasteiger partial charge < -0.3 is 11.1 Å². The van der Waals surface area contributed by atoms with Gasteiger partial charge in [-0.05, 0) is 37.8 Å². The molecule has 0 bridgehead atoms. The fourth-order valence-electron chi connectivity index (χ4n) is 3.13. The first-order valence-corrected chi connectivity index (χ1v) is 7.22.